The summed E-state index contributed by atoms with van der Waals surface area (Å²) in [7, 11) is 1.62. The summed E-state index contributed by atoms with van der Waals surface area (Å²) in [5.74, 6) is 0.706. The fourth-order valence-corrected chi connectivity index (χ4v) is 4.12. The van der Waals surface area contributed by atoms with E-state index in [0.29, 0.717) is 17.0 Å². The number of hydrogen-bond acceptors (Lipinski definition) is 5. The molecule has 0 aliphatic carbocycles. The molecule has 0 bridgehead atoms. The Kier molecular flexibility index (Phi) is 6.05. The monoisotopic (exact) mass is 421 g/mol. The van der Waals surface area contributed by atoms with Crippen molar-refractivity contribution < 1.29 is 14.6 Å². The minimum Gasteiger partial charge on any atom is -0.506 e. The number of ketones is 1. The van der Waals surface area contributed by atoms with Gasteiger partial charge in [-0.15, -0.1) is 11.3 Å². The number of carbonyl (C=O) groups excluding carboxylic acids is 1. The fraction of sp³-hybridized carbons (Fsp3) is 0.200. The highest BCUT2D eigenvalue weighted by Gasteiger charge is 2.17. The zero-order valence-corrected chi connectivity index (χ0v) is 17.1. The van der Waals surface area contributed by atoms with Gasteiger partial charge in [0.2, 0.25) is 0 Å². The maximum Gasteiger partial charge on any atom is 0.175 e. The van der Waals surface area contributed by atoms with Crippen LogP contribution in [0.5, 0.6) is 11.5 Å². The summed E-state index contributed by atoms with van der Waals surface area (Å²) in [6.45, 7) is 1.83. The van der Waals surface area contributed by atoms with Gasteiger partial charge in [0.1, 0.15) is 21.5 Å². The largest absolute Gasteiger partial charge is 0.506 e. The molecule has 0 amide bonds. The fourth-order valence-electron chi connectivity index (χ4n) is 2.65. The molecule has 1 aromatic heterocycles. The number of rotatable bonds is 6. The summed E-state index contributed by atoms with van der Waals surface area (Å²) in [6.07, 6.45) is 0.721. The van der Waals surface area contributed by atoms with Crippen LogP contribution in [-0.2, 0) is 6.42 Å². The third-order valence-corrected chi connectivity index (χ3v) is 6.31. The number of halogens is 2. The minimum atomic E-state index is -0.0702. The number of aryl methyl sites for hydroxylation is 2. The van der Waals surface area contributed by atoms with Crippen LogP contribution < -0.4 is 4.74 Å². The second-order valence-electron chi connectivity index (χ2n) is 5.96. The van der Waals surface area contributed by atoms with Crippen molar-refractivity contribution in [3.63, 3.8) is 0 Å². The Morgan fingerprint density at radius 1 is 1.15 bits per heavy atom. The van der Waals surface area contributed by atoms with Crippen LogP contribution in [0.15, 0.2) is 36.4 Å². The summed E-state index contributed by atoms with van der Waals surface area (Å²) in [5.41, 5.74) is 2.38. The molecule has 0 saturated heterocycles. The molecule has 3 aromatic rings. The van der Waals surface area contributed by atoms with Crippen molar-refractivity contribution >= 4 is 40.3 Å². The van der Waals surface area contributed by atoms with Gasteiger partial charge in [-0.25, -0.2) is 4.98 Å². The average Bonchev–Trinajstić information content (AvgIpc) is 3.07. The lowest BCUT2D eigenvalue weighted by Crippen LogP contribution is -2.01. The van der Waals surface area contributed by atoms with Crippen LogP contribution in [0.3, 0.4) is 0 Å². The van der Waals surface area contributed by atoms with E-state index in [1.807, 2.05) is 31.2 Å². The van der Waals surface area contributed by atoms with E-state index in [1.54, 1.807) is 13.2 Å². The van der Waals surface area contributed by atoms with Crippen molar-refractivity contribution in [2.24, 2.45) is 0 Å². The number of ether oxygens (including phenoxy) is 1. The lowest BCUT2D eigenvalue weighted by Gasteiger charge is -2.06. The third-order valence-electron chi connectivity index (χ3n) is 4.15. The van der Waals surface area contributed by atoms with Gasteiger partial charge in [-0.05, 0) is 49.2 Å². The molecule has 0 saturated carbocycles. The van der Waals surface area contributed by atoms with Gasteiger partial charge >= 0.3 is 0 Å². The molecule has 140 valence electrons. The van der Waals surface area contributed by atoms with Gasteiger partial charge in [-0.2, -0.15) is 0 Å². The van der Waals surface area contributed by atoms with Gasteiger partial charge in [-0.3, -0.25) is 4.79 Å². The summed E-state index contributed by atoms with van der Waals surface area (Å²) in [6, 6.07) is 10.7. The molecule has 7 heteroatoms. The van der Waals surface area contributed by atoms with Crippen LogP contribution in [0.2, 0.25) is 10.0 Å². The van der Waals surface area contributed by atoms with Crippen molar-refractivity contribution in [2.75, 3.05) is 7.11 Å². The molecule has 2 aromatic carbocycles. The molecule has 0 radical (unpaired) electrons. The summed E-state index contributed by atoms with van der Waals surface area (Å²) >= 11 is 13.5. The maximum absolute atomic E-state index is 12.7. The van der Waals surface area contributed by atoms with Crippen LogP contribution in [0.25, 0.3) is 10.6 Å². The summed E-state index contributed by atoms with van der Waals surface area (Å²) in [5, 5.41) is 10.7. The number of Topliss-reactive ketones (excluding diaryl/α,β-unsaturated/α-hetero) is 1. The van der Waals surface area contributed by atoms with E-state index in [-0.39, 0.29) is 28.0 Å². The van der Waals surface area contributed by atoms with Gasteiger partial charge in [0.25, 0.3) is 0 Å². The first kappa shape index (κ1) is 19.7. The van der Waals surface area contributed by atoms with Crippen LogP contribution in [0.4, 0.5) is 0 Å². The first-order valence-corrected chi connectivity index (χ1v) is 9.79. The van der Waals surface area contributed by atoms with Crippen LogP contribution >= 0.6 is 34.5 Å². The predicted octanol–water partition coefficient (Wildman–Crippen LogP) is 5.96. The highest BCUT2D eigenvalue weighted by atomic mass is 35.5. The lowest BCUT2D eigenvalue weighted by molar-refractivity contribution is 0.0986. The normalized spacial score (nSPS) is 10.8. The van der Waals surface area contributed by atoms with Crippen LogP contribution in [0, 0.1) is 6.92 Å². The van der Waals surface area contributed by atoms with Crippen molar-refractivity contribution in [3.05, 3.63) is 62.6 Å². The molecule has 0 aliphatic heterocycles. The molecule has 1 N–H and O–H groups in total. The predicted molar refractivity (Wildman–Crippen MR) is 110 cm³/mol. The van der Waals surface area contributed by atoms with Crippen molar-refractivity contribution in [1.29, 1.82) is 0 Å². The molecule has 1 heterocycles. The molecule has 0 fully saturated rings. The van der Waals surface area contributed by atoms with Crippen LogP contribution in [0.1, 0.15) is 27.3 Å². The average molecular weight is 422 g/mol. The van der Waals surface area contributed by atoms with Crippen molar-refractivity contribution in [1.82, 2.24) is 4.98 Å². The molecular weight excluding hydrogens is 405 g/mol. The second kappa shape index (κ2) is 8.30. The molecule has 4 nitrogen and oxygen atoms in total. The number of aromatic hydroxyl groups is 1. The third kappa shape index (κ3) is 4.26. The second-order valence-corrected chi connectivity index (χ2v) is 7.71. The Hall–Kier alpha value is -2.08. The highest BCUT2D eigenvalue weighted by Crippen LogP contribution is 2.35. The van der Waals surface area contributed by atoms with Gasteiger partial charge < -0.3 is 9.84 Å². The molecule has 0 aliphatic rings. The molecule has 0 unspecified atom stereocenters. The SMILES string of the molecule is COc1ccc(-c2nc(C)c(C(=O)CCc3ccc(O)c(Cl)c3Cl)s2)cc1. The number of aromatic nitrogens is 1. The number of phenolic OH excluding ortho intramolecular Hbond substituents is 1. The number of benzene rings is 2. The number of nitrogens with zero attached hydrogens (tertiary/aromatic N) is 1. The van der Waals surface area contributed by atoms with Gasteiger partial charge in [0, 0.05) is 12.0 Å². The Morgan fingerprint density at radius 2 is 1.85 bits per heavy atom. The number of hydrogen-bond donors (Lipinski definition) is 1. The zero-order chi connectivity index (χ0) is 19.6. The van der Waals surface area contributed by atoms with Crippen LogP contribution in [-0.4, -0.2) is 23.0 Å². The minimum absolute atomic E-state index is 0.00465. The van der Waals surface area contributed by atoms with E-state index >= 15 is 0 Å². The quantitative estimate of drug-likeness (QED) is 0.499. The maximum atomic E-state index is 12.7. The van der Waals surface area contributed by atoms with Gasteiger partial charge in [-0.1, -0.05) is 29.3 Å². The molecular formula is C20H17Cl2NO3S. The Morgan fingerprint density at radius 3 is 2.52 bits per heavy atom. The summed E-state index contributed by atoms with van der Waals surface area (Å²) < 4.78 is 5.16. The number of methoxy groups -OCH3 is 1. The smallest absolute Gasteiger partial charge is 0.175 e. The molecule has 0 atom stereocenters. The first-order valence-electron chi connectivity index (χ1n) is 8.21. The highest BCUT2D eigenvalue weighted by molar-refractivity contribution is 7.17. The summed E-state index contributed by atoms with van der Waals surface area (Å²) in [4.78, 5) is 17.8. The van der Waals surface area contributed by atoms with E-state index in [9.17, 15) is 9.90 Å². The Balaban J connectivity index is 1.75. The van der Waals surface area contributed by atoms with Crippen molar-refractivity contribution in [2.45, 2.75) is 19.8 Å². The number of phenols is 1. The molecule has 3 rings (SSSR count). The van der Waals surface area contributed by atoms with E-state index in [0.717, 1.165) is 21.9 Å². The lowest BCUT2D eigenvalue weighted by atomic mass is 10.1. The Labute approximate surface area is 171 Å². The number of carbonyl (C=O) groups is 1. The van der Waals surface area contributed by atoms with Crippen molar-refractivity contribution in [3.8, 4) is 22.1 Å². The van der Waals surface area contributed by atoms with Gasteiger partial charge in [0.15, 0.2) is 5.78 Å². The zero-order valence-electron chi connectivity index (χ0n) is 14.8. The van der Waals surface area contributed by atoms with E-state index < -0.39 is 0 Å². The van der Waals surface area contributed by atoms with E-state index in [4.69, 9.17) is 27.9 Å². The van der Waals surface area contributed by atoms with E-state index in [2.05, 4.69) is 4.98 Å². The molecule has 27 heavy (non-hydrogen) atoms. The standard InChI is InChI=1S/C20H17Cl2NO3S/c1-11-19(27-20(23-11)13-3-7-14(26-2)8-4-13)16(25)10-6-12-5-9-15(24)18(22)17(12)21/h3-5,7-9,24H,6,10H2,1-2H3. The van der Waals surface area contributed by atoms with Gasteiger partial charge in [0.05, 0.1) is 22.7 Å². The molecule has 0 spiro atoms. The Bertz CT molecular complexity index is 984. The number of thiazole rings is 1. The topological polar surface area (TPSA) is 59.4 Å². The van der Waals surface area contributed by atoms with E-state index in [1.165, 1.54) is 17.4 Å². The first-order chi connectivity index (χ1) is 12.9.